The second-order valence-corrected chi connectivity index (χ2v) is 6.09. The molecule has 122 valence electrons. The van der Waals surface area contributed by atoms with Crippen molar-refractivity contribution in [1.29, 1.82) is 0 Å². The maximum Gasteiger partial charge on any atom is 0.255 e. The fourth-order valence-electron chi connectivity index (χ4n) is 2.50. The minimum atomic E-state index is -0.244. The van der Waals surface area contributed by atoms with Crippen LogP contribution in [0.15, 0.2) is 12.1 Å². The quantitative estimate of drug-likeness (QED) is 0.799. The van der Waals surface area contributed by atoms with Crippen LogP contribution in [0.5, 0.6) is 5.75 Å². The Morgan fingerprint density at radius 2 is 2.27 bits per heavy atom. The van der Waals surface area contributed by atoms with Crippen LogP contribution in [-0.4, -0.2) is 57.3 Å². The zero-order chi connectivity index (χ0) is 16.3. The molecule has 0 radical (unpaired) electrons. The molecule has 1 aromatic rings. The summed E-state index contributed by atoms with van der Waals surface area (Å²) in [6.07, 6.45) is 0.875. The molecule has 1 saturated heterocycles. The number of halogens is 1. The van der Waals surface area contributed by atoms with E-state index in [-0.39, 0.29) is 11.4 Å². The second-order valence-electron chi connectivity index (χ2n) is 5.68. The molecule has 1 atom stereocenters. The third kappa shape index (κ3) is 3.29. The largest absolute Gasteiger partial charge is 0.496 e. The molecule has 0 saturated carbocycles. The van der Waals surface area contributed by atoms with E-state index < -0.39 is 0 Å². The Balaban J connectivity index is 2.14. The van der Waals surface area contributed by atoms with E-state index in [1.807, 2.05) is 14.1 Å². The van der Waals surface area contributed by atoms with Gasteiger partial charge in [0, 0.05) is 19.2 Å². The van der Waals surface area contributed by atoms with Gasteiger partial charge in [0.05, 0.1) is 35.5 Å². The fraction of sp³-hybridized carbons (Fsp3) is 0.533. The molecule has 1 unspecified atom stereocenters. The first-order chi connectivity index (χ1) is 10.4. The minimum absolute atomic E-state index is 0.180. The number of carbonyl (C=O) groups excluding carboxylic acids is 1. The average molecular weight is 328 g/mol. The number of likely N-dealkylation sites (N-methyl/N-ethyl adjacent to an activating group) is 1. The van der Waals surface area contributed by atoms with Gasteiger partial charge < -0.3 is 20.5 Å². The van der Waals surface area contributed by atoms with Crippen LogP contribution in [0.4, 0.5) is 5.69 Å². The summed E-state index contributed by atoms with van der Waals surface area (Å²) in [6.45, 7) is 1.79. The molecule has 0 aromatic heterocycles. The standard InChI is InChI=1S/C15H22ClN3O3/c1-19(2)15(4-5-22-9-15)8-18-14(20)10-6-11(16)12(17)7-13(10)21-3/h6-7H,4-5,8-9,17H2,1-3H3,(H,18,20). The second kappa shape index (κ2) is 6.73. The van der Waals surface area contributed by atoms with Gasteiger partial charge in [-0.3, -0.25) is 9.69 Å². The van der Waals surface area contributed by atoms with E-state index in [1.165, 1.54) is 13.2 Å². The van der Waals surface area contributed by atoms with E-state index in [9.17, 15) is 4.79 Å². The van der Waals surface area contributed by atoms with Crippen LogP contribution in [0, 0.1) is 0 Å². The van der Waals surface area contributed by atoms with E-state index >= 15 is 0 Å². The molecule has 1 fully saturated rings. The van der Waals surface area contributed by atoms with E-state index in [0.717, 1.165) is 6.42 Å². The number of nitrogen functional groups attached to an aromatic ring is 1. The Morgan fingerprint density at radius 3 is 2.82 bits per heavy atom. The first-order valence-electron chi connectivity index (χ1n) is 7.06. The number of methoxy groups -OCH3 is 1. The highest BCUT2D eigenvalue weighted by Gasteiger charge is 2.37. The zero-order valence-corrected chi connectivity index (χ0v) is 13.9. The summed E-state index contributed by atoms with van der Waals surface area (Å²) in [4.78, 5) is 14.6. The zero-order valence-electron chi connectivity index (χ0n) is 13.1. The Morgan fingerprint density at radius 1 is 1.55 bits per heavy atom. The number of ether oxygens (including phenoxy) is 2. The van der Waals surface area contributed by atoms with E-state index in [1.54, 1.807) is 6.07 Å². The molecule has 1 aliphatic heterocycles. The summed E-state index contributed by atoms with van der Waals surface area (Å²) in [7, 11) is 5.47. The molecular formula is C15H22ClN3O3. The van der Waals surface area contributed by atoms with E-state index in [4.69, 9.17) is 26.8 Å². The summed E-state index contributed by atoms with van der Waals surface area (Å²) in [5.74, 6) is 0.160. The van der Waals surface area contributed by atoms with Crippen molar-refractivity contribution in [2.75, 3.05) is 46.7 Å². The number of anilines is 1. The lowest BCUT2D eigenvalue weighted by Crippen LogP contribution is -2.53. The van der Waals surface area contributed by atoms with Gasteiger partial charge in [0.2, 0.25) is 0 Å². The van der Waals surface area contributed by atoms with Gasteiger partial charge in [-0.25, -0.2) is 0 Å². The molecule has 1 aromatic carbocycles. The number of benzene rings is 1. The Labute approximate surface area is 135 Å². The van der Waals surface area contributed by atoms with Gasteiger partial charge in [0.1, 0.15) is 5.75 Å². The van der Waals surface area contributed by atoms with Crippen molar-refractivity contribution >= 4 is 23.2 Å². The normalized spacial score (nSPS) is 21.1. The lowest BCUT2D eigenvalue weighted by atomic mass is 9.97. The Kier molecular flexibility index (Phi) is 5.16. The molecule has 3 N–H and O–H groups in total. The minimum Gasteiger partial charge on any atom is -0.496 e. The highest BCUT2D eigenvalue weighted by Crippen LogP contribution is 2.29. The molecule has 1 heterocycles. The van der Waals surface area contributed by atoms with Crippen molar-refractivity contribution in [3.63, 3.8) is 0 Å². The van der Waals surface area contributed by atoms with E-state index in [0.29, 0.717) is 41.8 Å². The first kappa shape index (κ1) is 16.9. The number of nitrogens with two attached hydrogens (primary N) is 1. The van der Waals surface area contributed by atoms with Crippen LogP contribution in [0.25, 0.3) is 0 Å². The summed E-state index contributed by atoms with van der Waals surface area (Å²) < 4.78 is 10.7. The van der Waals surface area contributed by atoms with Crippen molar-refractivity contribution in [3.8, 4) is 5.75 Å². The van der Waals surface area contributed by atoms with Gasteiger partial charge in [0.15, 0.2) is 0 Å². The monoisotopic (exact) mass is 327 g/mol. The number of hydrogen-bond donors (Lipinski definition) is 2. The Bertz CT molecular complexity index is 557. The summed E-state index contributed by atoms with van der Waals surface area (Å²) in [6, 6.07) is 3.08. The van der Waals surface area contributed by atoms with Crippen LogP contribution >= 0.6 is 11.6 Å². The third-order valence-electron chi connectivity index (χ3n) is 4.17. The molecular weight excluding hydrogens is 306 g/mol. The average Bonchev–Trinajstić information content (AvgIpc) is 2.97. The maximum atomic E-state index is 12.5. The van der Waals surface area contributed by atoms with Crippen LogP contribution in [0.1, 0.15) is 16.8 Å². The molecule has 2 rings (SSSR count). The number of amides is 1. The molecule has 0 spiro atoms. The predicted molar refractivity (Wildman–Crippen MR) is 86.6 cm³/mol. The number of carbonyl (C=O) groups is 1. The van der Waals surface area contributed by atoms with Crippen LogP contribution in [0.3, 0.4) is 0 Å². The molecule has 0 bridgehead atoms. The molecule has 1 aliphatic rings. The fourth-order valence-corrected chi connectivity index (χ4v) is 2.67. The lowest BCUT2D eigenvalue weighted by molar-refractivity contribution is 0.0845. The van der Waals surface area contributed by atoms with Gasteiger partial charge in [-0.05, 0) is 26.6 Å². The van der Waals surface area contributed by atoms with Gasteiger partial charge >= 0.3 is 0 Å². The maximum absolute atomic E-state index is 12.5. The summed E-state index contributed by atoms with van der Waals surface area (Å²) >= 11 is 6.00. The number of nitrogens with zero attached hydrogens (tertiary/aromatic N) is 1. The smallest absolute Gasteiger partial charge is 0.255 e. The molecule has 6 nitrogen and oxygen atoms in total. The molecule has 7 heteroatoms. The molecule has 1 amide bonds. The summed E-state index contributed by atoms with van der Waals surface area (Å²) in [5, 5.41) is 3.28. The van der Waals surface area contributed by atoms with Crippen LogP contribution in [-0.2, 0) is 4.74 Å². The van der Waals surface area contributed by atoms with Crippen molar-refractivity contribution in [2.24, 2.45) is 0 Å². The topological polar surface area (TPSA) is 76.8 Å². The molecule has 0 aliphatic carbocycles. The van der Waals surface area contributed by atoms with Crippen molar-refractivity contribution < 1.29 is 14.3 Å². The van der Waals surface area contributed by atoms with Crippen LogP contribution < -0.4 is 15.8 Å². The van der Waals surface area contributed by atoms with Crippen LogP contribution in [0.2, 0.25) is 5.02 Å². The van der Waals surface area contributed by atoms with Crippen molar-refractivity contribution in [2.45, 2.75) is 12.0 Å². The third-order valence-corrected chi connectivity index (χ3v) is 4.50. The van der Waals surface area contributed by atoms with Gasteiger partial charge in [-0.15, -0.1) is 0 Å². The number of hydrogen-bond acceptors (Lipinski definition) is 5. The first-order valence-corrected chi connectivity index (χ1v) is 7.44. The number of rotatable bonds is 5. The molecule has 22 heavy (non-hydrogen) atoms. The van der Waals surface area contributed by atoms with Gasteiger partial charge in [-0.2, -0.15) is 0 Å². The Hall–Kier alpha value is -1.50. The van der Waals surface area contributed by atoms with Gasteiger partial charge in [-0.1, -0.05) is 11.6 Å². The predicted octanol–water partition coefficient (Wildman–Crippen LogP) is 1.38. The highest BCUT2D eigenvalue weighted by atomic mass is 35.5. The highest BCUT2D eigenvalue weighted by molar-refractivity contribution is 6.33. The van der Waals surface area contributed by atoms with Crippen molar-refractivity contribution in [3.05, 3.63) is 22.7 Å². The van der Waals surface area contributed by atoms with Crippen molar-refractivity contribution in [1.82, 2.24) is 10.2 Å². The number of nitrogens with one attached hydrogen (secondary N) is 1. The van der Waals surface area contributed by atoms with E-state index in [2.05, 4.69) is 10.2 Å². The summed E-state index contributed by atoms with van der Waals surface area (Å²) in [5.41, 5.74) is 6.30. The van der Waals surface area contributed by atoms with Gasteiger partial charge in [0.25, 0.3) is 5.91 Å². The lowest BCUT2D eigenvalue weighted by Gasteiger charge is -2.34. The SMILES string of the molecule is COc1cc(N)c(Cl)cc1C(=O)NCC1(N(C)C)CCOC1.